The minimum absolute atomic E-state index is 0.0411. The molecule has 0 saturated carbocycles. The van der Waals surface area contributed by atoms with Crippen LogP contribution < -0.4 is 15.2 Å². The largest absolute Gasteiger partial charge is 0.494 e. The van der Waals surface area contributed by atoms with Crippen molar-refractivity contribution in [3.8, 4) is 5.75 Å². The Bertz CT molecular complexity index is 898. The standard InChI is InChI=1S/C19H23ClN2O4S/c1-13-12-16(7-10-18(13)20)26-11-3-4-19(23)22-14(2)15-5-8-17(9-6-15)27(21,24)25/h5-10,12,14H,3-4,11H2,1-2H3,(H,22,23)(H2,21,24,25). The number of hydrogen-bond acceptors (Lipinski definition) is 4. The first-order valence-electron chi connectivity index (χ1n) is 8.48. The van der Waals surface area contributed by atoms with Crippen LogP contribution in [-0.2, 0) is 14.8 Å². The minimum atomic E-state index is -3.72. The Morgan fingerprint density at radius 3 is 2.48 bits per heavy atom. The van der Waals surface area contributed by atoms with Crippen LogP contribution in [0.15, 0.2) is 47.4 Å². The Balaban J connectivity index is 1.77. The molecular weight excluding hydrogens is 388 g/mol. The number of carbonyl (C=O) groups is 1. The van der Waals surface area contributed by atoms with Gasteiger partial charge in [0.1, 0.15) is 5.75 Å². The molecule has 0 radical (unpaired) electrons. The number of sulfonamides is 1. The average Bonchev–Trinajstić information content (AvgIpc) is 2.61. The van der Waals surface area contributed by atoms with Crippen LogP contribution in [0.2, 0.25) is 5.02 Å². The maximum atomic E-state index is 12.1. The lowest BCUT2D eigenvalue weighted by Crippen LogP contribution is -2.26. The molecule has 0 fully saturated rings. The summed E-state index contributed by atoms with van der Waals surface area (Å²) in [5, 5.41) is 8.64. The van der Waals surface area contributed by atoms with E-state index < -0.39 is 10.0 Å². The molecular formula is C19H23ClN2O4S. The molecule has 2 aromatic rings. The second-order valence-corrected chi connectivity index (χ2v) is 8.23. The number of ether oxygens (including phenoxy) is 1. The van der Waals surface area contributed by atoms with Crippen LogP contribution in [0.1, 0.15) is 36.9 Å². The predicted octanol–water partition coefficient (Wildman–Crippen LogP) is 3.33. The molecule has 1 atom stereocenters. The van der Waals surface area contributed by atoms with Gasteiger partial charge in [-0.05, 0) is 61.7 Å². The van der Waals surface area contributed by atoms with Crippen molar-refractivity contribution in [2.75, 3.05) is 6.61 Å². The van der Waals surface area contributed by atoms with Crippen molar-refractivity contribution in [2.45, 2.75) is 37.6 Å². The zero-order chi connectivity index (χ0) is 20.0. The number of amides is 1. The van der Waals surface area contributed by atoms with E-state index in [-0.39, 0.29) is 16.8 Å². The third-order valence-corrected chi connectivity index (χ3v) is 5.39. The Labute approximate surface area is 164 Å². The zero-order valence-corrected chi connectivity index (χ0v) is 16.8. The fraction of sp³-hybridized carbons (Fsp3) is 0.316. The van der Waals surface area contributed by atoms with Gasteiger partial charge in [-0.3, -0.25) is 4.79 Å². The highest BCUT2D eigenvalue weighted by Crippen LogP contribution is 2.21. The van der Waals surface area contributed by atoms with Crippen molar-refractivity contribution in [2.24, 2.45) is 5.14 Å². The van der Waals surface area contributed by atoms with Gasteiger partial charge in [-0.15, -0.1) is 0 Å². The molecule has 0 spiro atoms. The number of rotatable bonds is 8. The van der Waals surface area contributed by atoms with Crippen molar-refractivity contribution in [3.63, 3.8) is 0 Å². The van der Waals surface area contributed by atoms with E-state index >= 15 is 0 Å². The van der Waals surface area contributed by atoms with Gasteiger partial charge in [0, 0.05) is 11.4 Å². The Morgan fingerprint density at radius 1 is 1.22 bits per heavy atom. The molecule has 146 valence electrons. The summed E-state index contributed by atoms with van der Waals surface area (Å²) >= 11 is 5.97. The van der Waals surface area contributed by atoms with Crippen molar-refractivity contribution in [1.29, 1.82) is 0 Å². The van der Waals surface area contributed by atoms with Crippen LogP contribution in [0.3, 0.4) is 0 Å². The first-order valence-corrected chi connectivity index (χ1v) is 10.4. The third-order valence-electron chi connectivity index (χ3n) is 4.03. The van der Waals surface area contributed by atoms with E-state index in [9.17, 15) is 13.2 Å². The molecule has 0 aliphatic rings. The van der Waals surface area contributed by atoms with Crippen LogP contribution in [0.5, 0.6) is 5.75 Å². The van der Waals surface area contributed by atoms with Gasteiger partial charge in [0.05, 0.1) is 17.5 Å². The second kappa shape index (κ2) is 9.21. The molecule has 6 nitrogen and oxygen atoms in total. The van der Waals surface area contributed by atoms with Gasteiger partial charge in [-0.2, -0.15) is 0 Å². The lowest BCUT2D eigenvalue weighted by atomic mass is 10.1. The maximum Gasteiger partial charge on any atom is 0.238 e. The highest BCUT2D eigenvalue weighted by Gasteiger charge is 2.12. The van der Waals surface area contributed by atoms with E-state index in [0.717, 1.165) is 16.9 Å². The molecule has 2 rings (SSSR count). The van der Waals surface area contributed by atoms with Gasteiger partial charge in [0.2, 0.25) is 15.9 Å². The van der Waals surface area contributed by atoms with E-state index in [1.165, 1.54) is 12.1 Å². The maximum absolute atomic E-state index is 12.1. The van der Waals surface area contributed by atoms with E-state index in [1.54, 1.807) is 24.3 Å². The number of nitrogens with one attached hydrogen (secondary N) is 1. The summed E-state index contributed by atoms with van der Waals surface area (Å²) in [6.45, 7) is 4.16. The normalized spacial score (nSPS) is 12.4. The van der Waals surface area contributed by atoms with Crippen LogP contribution >= 0.6 is 11.6 Å². The van der Waals surface area contributed by atoms with E-state index in [4.69, 9.17) is 21.5 Å². The molecule has 0 aliphatic carbocycles. The monoisotopic (exact) mass is 410 g/mol. The SMILES string of the molecule is Cc1cc(OCCCC(=O)NC(C)c2ccc(S(N)(=O)=O)cc2)ccc1Cl. The minimum Gasteiger partial charge on any atom is -0.494 e. The molecule has 1 unspecified atom stereocenters. The molecule has 3 N–H and O–H groups in total. The number of primary sulfonamides is 1. The van der Waals surface area contributed by atoms with Gasteiger partial charge in [-0.1, -0.05) is 23.7 Å². The van der Waals surface area contributed by atoms with Crippen molar-refractivity contribution in [1.82, 2.24) is 5.32 Å². The van der Waals surface area contributed by atoms with Gasteiger partial charge in [0.25, 0.3) is 0 Å². The Kier molecular flexibility index (Phi) is 7.24. The summed E-state index contributed by atoms with van der Waals surface area (Å²) in [5.41, 5.74) is 1.73. The molecule has 0 aromatic heterocycles. The number of carbonyl (C=O) groups excluding carboxylic acids is 1. The van der Waals surface area contributed by atoms with Gasteiger partial charge in [-0.25, -0.2) is 13.6 Å². The number of nitrogens with two attached hydrogens (primary N) is 1. The highest BCUT2D eigenvalue weighted by atomic mass is 35.5. The number of benzene rings is 2. The van der Waals surface area contributed by atoms with Gasteiger partial charge in [0.15, 0.2) is 0 Å². The summed E-state index contributed by atoms with van der Waals surface area (Å²) in [7, 11) is -3.72. The fourth-order valence-corrected chi connectivity index (χ4v) is 3.11. The fourth-order valence-electron chi connectivity index (χ4n) is 2.47. The summed E-state index contributed by atoms with van der Waals surface area (Å²) in [5.74, 6) is 0.620. The summed E-state index contributed by atoms with van der Waals surface area (Å²) < 4.78 is 28.2. The van der Waals surface area contributed by atoms with E-state index in [1.807, 2.05) is 19.9 Å². The topological polar surface area (TPSA) is 98.5 Å². The summed E-state index contributed by atoms with van der Waals surface area (Å²) in [6.07, 6.45) is 0.900. The van der Waals surface area contributed by atoms with Crippen LogP contribution in [0, 0.1) is 6.92 Å². The highest BCUT2D eigenvalue weighted by molar-refractivity contribution is 7.89. The smallest absolute Gasteiger partial charge is 0.238 e. The first-order chi connectivity index (χ1) is 12.7. The first kappa shape index (κ1) is 21.2. The quantitative estimate of drug-likeness (QED) is 0.652. The van der Waals surface area contributed by atoms with Crippen molar-refractivity contribution < 1.29 is 17.9 Å². The second-order valence-electron chi connectivity index (χ2n) is 6.27. The van der Waals surface area contributed by atoms with E-state index in [2.05, 4.69) is 5.32 Å². The summed E-state index contributed by atoms with van der Waals surface area (Å²) in [6, 6.07) is 11.3. The predicted molar refractivity (Wildman–Crippen MR) is 105 cm³/mol. The molecule has 0 heterocycles. The third kappa shape index (κ3) is 6.53. The Morgan fingerprint density at radius 2 is 1.89 bits per heavy atom. The molecule has 1 amide bonds. The Hall–Kier alpha value is -2.09. The molecule has 0 saturated heterocycles. The molecule has 27 heavy (non-hydrogen) atoms. The molecule has 8 heteroatoms. The summed E-state index contributed by atoms with van der Waals surface area (Å²) in [4.78, 5) is 12.1. The lowest BCUT2D eigenvalue weighted by molar-refractivity contribution is -0.121. The molecule has 0 aliphatic heterocycles. The van der Waals surface area contributed by atoms with Crippen LogP contribution in [0.4, 0.5) is 0 Å². The zero-order valence-electron chi connectivity index (χ0n) is 15.2. The van der Waals surface area contributed by atoms with Crippen molar-refractivity contribution >= 4 is 27.5 Å². The number of hydrogen-bond donors (Lipinski definition) is 2. The van der Waals surface area contributed by atoms with Crippen molar-refractivity contribution in [3.05, 3.63) is 58.6 Å². The number of halogens is 1. The molecule has 2 aromatic carbocycles. The van der Waals surface area contributed by atoms with E-state index in [0.29, 0.717) is 24.5 Å². The molecule has 0 bridgehead atoms. The van der Waals surface area contributed by atoms with Gasteiger partial charge < -0.3 is 10.1 Å². The average molecular weight is 411 g/mol. The lowest BCUT2D eigenvalue weighted by Gasteiger charge is -2.15. The van der Waals surface area contributed by atoms with Gasteiger partial charge >= 0.3 is 0 Å². The number of aryl methyl sites for hydroxylation is 1. The van der Waals surface area contributed by atoms with Crippen LogP contribution in [0.25, 0.3) is 0 Å². The van der Waals surface area contributed by atoms with Crippen LogP contribution in [-0.4, -0.2) is 20.9 Å².